The van der Waals surface area contributed by atoms with Gasteiger partial charge in [-0.3, -0.25) is 4.79 Å². The maximum Gasteiger partial charge on any atom is 0.258 e. The van der Waals surface area contributed by atoms with Crippen LogP contribution >= 0.6 is 11.6 Å². The molecule has 0 radical (unpaired) electrons. The van der Waals surface area contributed by atoms with Crippen molar-refractivity contribution < 1.29 is 4.79 Å². The predicted molar refractivity (Wildman–Crippen MR) is 110 cm³/mol. The minimum Gasteiger partial charge on any atom is -0.324 e. The fourth-order valence-corrected chi connectivity index (χ4v) is 2.84. The number of halogens is 1. The first-order valence-electron chi connectivity index (χ1n) is 8.69. The molecular weight excluding hydrogens is 360 g/mol. The summed E-state index contributed by atoms with van der Waals surface area (Å²) in [5, 5.41) is 6.62. The van der Waals surface area contributed by atoms with Crippen LogP contribution in [0.4, 0.5) is 17.3 Å². The number of carbonyl (C=O) groups is 1. The van der Waals surface area contributed by atoms with Crippen molar-refractivity contribution in [2.24, 2.45) is 0 Å². The van der Waals surface area contributed by atoms with Gasteiger partial charge in [-0.25, -0.2) is 9.97 Å². The van der Waals surface area contributed by atoms with Crippen LogP contribution in [-0.4, -0.2) is 15.9 Å². The Morgan fingerprint density at radius 3 is 2.44 bits per heavy atom. The maximum atomic E-state index is 12.4. The number of aryl methyl sites for hydroxylation is 1. The van der Waals surface area contributed by atoms with Crippen LogP contribution in [0.5, 0.6) is 0 Å². The van der Waals surface area contributed by atoms with Crippen LogP contribution in [0.3, 0.4) is 0 Å². The number of carbonyl (C=O) groups excluding carboxylic acids is 1. The van der Waals surface area contributed by atoms with Crippen LogP contribution in [0.25, 0.3) is 0 Å². The van der Waals surface area contributed by atoms with Gasteiger partial charge in [0.25, 0.3) is 5.91 Å². The Hall–Kier alpha value is -2.92. The summed E-state index contributed by atoms with van der Waals surface area (Å²) < 4.78 is 0. The highest BCUT2D eigenvalue weighted by Crippen LogP contribution is 2.25. The van der Waals surface area contributed by atoms with Gasteiger partial charge in [0.1, 0.15) is 0 Å². The zero-order valence-corrected chi connectivity index (χ0v) is 16.2. The molecule has 0 saturated carbocycles. The van der Waals surface area contributed by atoms with E-state index in [1.807, 2.05) is 31.2 Å². The third-order valence-electron chi connectivity index (χ3n) is 4.19. The lowest BCUT2D eigenvalue weighted by Gasteiger charge is -2.13. The fraction of sp³-hybridized carbons (Fsp3) is 0.190. The van der Waals surface area contributed by atoms with E-state index in [-0.39, 0.29) is 5.91 Å². The highest BCUT2D eigenvalue weighted by atomic mass is 35.5. The summed E-state index contributed by atoms with van der Waals surface area (Å²) >= 11 is 5.99. The number of hydrogen-bond donors (Lipinski definition) is 2. The van der Waals surface area contributed by atoms with Gasteiger partial charge in [-0.1, -0.05) is 49.7 Å². The van der Waals surface area contributed by atoms with Gasteiger partial charge in [-0.15, -0.1) is 0 Å². The molecule has 0 aliphatic rings. The van der Waals surface area contributed by atoms with Crippen LogP contribution in [0.2, 0.25) is 5.02 Å². The first-order valence-corrected chi connectivity index (χ1v) is 9.07. The molecule has 0 spiro atoms. The number of para-hydroxylation sites is 1. The second-order valence-electron chi connectivity index (χ2n) is 6.58. The zero-order valence-electron chi connectivity index (χ0n) is 15.5. The summed E-state index contributed by atoms with van der Waals surface area (Å²) in [6.45, 7) is 6.17. The molecule has 0 atom stereocenters. The van der Waals surface area contributed by atoms with Crippen molar-refractivity contribution in [1.82, 2.24) is 9.97 Å². The molecule has 0 unspecified atom stereocenters. The van der Waals surface area contributed by atoms with E-state index < -0.39 is 0 Å². The Labute approximate surface area is 163 Å². The molecule has 3 aromatic rings. The molecule has 0 bridgehead atoms. The van der Waals surface area contributed by atoms with Crippen molar-refractivity contribution in [3.05, 3.63) is 76.6 Å². The van der Waals surface area contributed by atoms with Gasteiger partial charge in [0.2, 0.25) is 5.95 Å². The van der Waals surface area contributed by atoms with Crippen molar-refractivity contribution in [3.63, 3.8) is 0 Å². The molecule has 0 fully saturated rings. The van der Waals surface area contributed by atoms with Gasteiger partial charge in [0, 0.05) is 28.8 Å². The Morgan fingerprint density at radius 1 is 1.04 bits per heavy atom. The molecule has 0 saturated heterocycles. The SMILES string of the molecule is Cc1ccc(Cl)cc1NC(=O)c1cnc(Nc2ccccc2C(C)C)nc1. The number of nitrogens with one attached hydrogen (secondary N) is 2. The quantitative estimate of drug-likeness (QED) is 0.608. The average Bonchev–Trinajstić information content (AvgIpc) is 2.65. The van der Waals surface area contributed by atoms with Gasteiger partial charge >= 0.3 is 0 Å². The Balaban J connectivity index is 1.74. The molecule has 2 aromatic carbocycles. The van der Waals surface area contributed by atoms with Crippen molar-refractivity contribution in [2.45, 2.75) is 26.7 Å². The summed E-state index contributed by atoms with van der Waals surface area (Å²) in [7, 11) is 0. The molecule has 2 N–H and O–H groups in total. The molecule has 1 aromatic heterocycles. The number of nitrogens with zero attached hydrogens (tertiary/aromatic N) is 2. The number of rotatable bonds is 5. The lowest BCUT2D eigenvalue weighted by molar-refractivity contribution is 0.102. The smallest absolute Gasteiger partial charge is 0.258 e. The van der Waals surface area contributed by atoms with Crippen LogP contribution in [-0.2, 0) is 0 Å². The third kappa shape index (κ3) is 4.63. The van der Waals surface area contributed by atoms with Crippen molar-refractivity contribution in [1.29, 1.82) is 0 Å². The van der Waals surface area contributed by atoms with Crippen molar-refractivity contribution in [3.8, 4) is 0 Å². The number of aromatic nitrogens is 2. The molecule has 27 heavy (non-hydrogen) atoms. The Kier molecular flexibility index (Phi) is 5.72. The standard InChI is InChI=1S/C21H21ClN4O/c1-13(2)17-6-4-5-7-18(17)26-21-23-11-15(12-24-21)20(27)25-19-10-16(22)9-8-14(19)3/h4-13H,1-3H3,(H,25,27)(H,23,24,26). The predicted octanol–water partition coefficient (Wildman–Crippen LogP) is 5.56. The second kappa shape index (κ2) is 8.18. The van der Waals surface area contributed by atoms with Crippen LogP contribution in [0.15, 0.2) is 54.9 Å². The normalized spacial score (nSPS) is 10.7. The van der Waals surface area contributed by atoms with Crippen molar-refractivity contribution >= 4 is 34.8 Å². The van der Waals surface area contributed by atoms with Crippen molar-refractivity contribution in [2.75, 3.05) is 10.6 Å². The van der Waals surface area contributed by atoms with E-state index in [4.69, 9.17) is 11.6 Å². The Bertz CT molecular complexity index is 955. The van der Waals surface area contributed by atoms with E-state index in [1.54, 1.807) is 12.1 Å². The topological polar surface area (TPSA) is 66.9 Å². The highest BCUT2D eigenvalue weighted by molar-refractivity contribution is 6.31. The lowest BCUT2D eigenvalue weighted by Crippen LogP contribution is -2.14. The number of anilines is 3. The van der Waals surface area contributed by atoms with E-state index >= 15 is 0 Å². The minimum atomic E-state index is -0.283. The molecule has 6 heteroatoms. The first-order chi connectivity index (χ1) is 12.9. The lowest BCUT2D eigenvalue weighted by atomic mass is 10.0. The molecule has 3 rings (SSSR count). The van der Waals surface area contributed by atoms with Gasteiger partial charge in [0.05, 0.1) is 5.56 Å². The van der Waals surface area contributed by atoms with E-state index in [1.165, 1.54) is 18.0 Å². The number of hydrogen-bond acceptors (Lipinski definition) is 4. The molecule has 0 aliphatic heterocycles. The van der Waals surface area contributed by atoms with Crippen LogP contribution < -0.4 is 10.6 Å². The molecular formula is C21H21ClN4O. The second-order valence-corrected chi connectivity index (χ2v) is 7.01. The summed E-state index contributed by atoms with van der Waals surface area (Å²) in [6.07, 6.45) is 3.01. The maximum absolute atomic E-state index is 12.4. The largest absolute Gasteiger partial charge is 0.324 e. The van der Waals surface area contributed by atoms with E-state index in [9.17, 15) is 4.79 Å². The summed E-state index contributed by atoms with van der Waals surface area (Å²) in [5.41, 5.74) is 4.11. The fourth-order valence-electron chi connectivity index (χ4n) is 2.67. The van der Waals surface area contributed by atoms with Gasteiger partial charge in [-0.2, -0.15) is 0 Å². The van der Waals surface area contributed by atoms with Gasteiger partial charge < -0.3 is 10.6 Å². The third-order valence-corrected chi connectivity index (χ3v) is 4.43. The minimum absolute atomic E-state index is 0.283. The van der Waals surface area contributed by atoms with Crippen LogP contribution in [0, 0.1) is 6.92 Å². The first kappa shape index (κ1) is 18.9. The molecule has 5 nitrogen and oxygen atoms in total. The van der Waals surface area contributed by atoms with Gasteiger partial charge in [0.15, 0.2) is 0 Å². The molecule has 1 heterocycles. The monoisotopic (exact) mass is 380 g/mol. The average molecular weight is 381 g/mol. The summed E-state index contributed by atoms with van der Waals surface area (Å²) in [5.74, 6) is 0.535. The van der Waals surface area contributed by atoms with Gasteiger partial charge in [-0.05, 0) is 42.2 Å². The number of amides is 1. The van der Waals surface area contributed by atoms with E-state index in [0.29, 0.717) is 28.1 Å². The molecule has 0 aliphatic carbocycles. The summed E-state index contributed by atoms with van der Waals surface area (Å²) in [4.78, 5) is 21.0. The molecule has 138 valence electrons. The summed E-state index contributed by atoms with van der Waals surface area (Å²) in [6, 6.07) is 13.4. The van der Waals surface area contributed by atoms with Crippen LogP contribution in [0.1, 0.15) is 41.3 Å². The zero-order chi connectivity index (χ0) is 19.4. The molecule has 1 amide bonds. The van der Waals surface area contributed by atoms with E-state index in [2.05, 4.69) is 40.5 Å². The Morgan fingerprint density at radius 2 is 1.74 bits per heavy atom. The van der Waals surface area contributed by atoms with E-state index in [0.717, 1.165) is 11.3 Å². The number of benzene rings is 2. The highest BCUT2D eigenvalue weighted by Gasteiger charge is 2.11.